The van der Waals surface area contributed by atoms with E-state index in [9.17, 15) is 10.0 Å². The van der Waals surface area contributed by atoms with E-state index in [0.29, 0.717) is 10.5 Å². The summed E-state index contributed by atoms with van der Waals surface area (Å²) in [6.07, 6.45) is 2.87. The fourth-order valence-electron chi connectivity index (χ4n) is 1.39. The maximum atomic E-state index is 11.8. The Morgan fingerprint density at radius 1 is 1.41 bits per heavy atom. The molecule has 17 heavy (non-hydrogen) atoms. The molecule has 0 aromatic carbocycles. The van der Waals surface area contributed by atoms with Crippen LogP contribution < -0.4 is 10.0 Å². The molecule has 2 aromatic rings. The first-order chi connectivity index (χ1) is 8.16. The van der Waals surface area contributed by atoms with Gasteiger partial charge in [0, 0.05) is 18.3 Å². The van der Waals surface area contributed by atoms with Crippen LogP contribution in [0.4, 0.5) is 5.82 Å². The third-order valence-electron chi connectivity index (χ3n) is 2.21. The normalized spacial score (nSPS) is 9.94. The predicted octanol–water partition coefficient (Wildman–Crippen LogP) is 1.28. The van der Waals surface area contributed by atoms with E-state index >= 15 is 0 Å². The molecule has 0 unspecified atom stereocenters. The molecule has 0 saturated carbocycles. The van der Waals surface area contributed by atoms with Gasteiger partial charge in [0.15, 0.2) is 6.20 Å². The Morgan fingerprint density at radius 2 is 2.24 bits per heavy atom. The van der Waals surface area contributed by atoms with Crippen LogP contribution in [0, 0.1) is 12.1 Å². The smallest absolute Gasteiger partial charge is 0.322 e. The summed E-state index contributed by atoms with van der Waals surface area (Å²) in [5.41, 5.74) is 1.02. The van der Waals surface area contributed by atoms with E-state index in [4.69, 9.17) is 0 Å². The standard InChI is InChI=1S/C12H11N3O2/c1-9-5-6-13-11(8-9)14-12(16)10-4-2-3-7-15(10)17/h2-8H,1H3,(H,13,14,16). The lowest BCUT2D eigenvalue weighted by Gasteiger charge is -2.05. The lowest BCUT2D eigenvalue weighted by atomic mass is 10.3. The molecule has 2 aromatic heterocycles. The summed E-state index contributed by atoms with van der Waals surface area (Å²) in [5.74, 6) is -0.0439. The van der Waals surface area contributed by atoms with Gasteiger partial charge in [-0.05, 0) is 30.7 Å². The number of hydrogen-bond acceptors (Lipinski definition) is 3. The Kier molecular flexibility index (Phi) is 3.00. The van der Waals surface area contributed by atoms with Crippen LogP contribution in [-0.2, 0) is 0 Å². The molecule has 1 amide bonds. The molecule has 2 rings (SSSR count). The van der Waals surface area contributed by atoms with Gasteiger partial charge in [0.05, 0.1) is 0 Å². The lowest BCUT2D eigenvalue weighted by molar-refractivity contribution is -0.607. The molecular formula is C12H11N3O2. The number of nitrogens with zero attached hydrogens (tertiary/aromatic N) is 2. The Balaban J connectivity index is 2.20. The molecule has 0 aliphatic rings. The lowest BCUT2D eigenvalue weighted by Crippen LogP contribution is -2.36. The number of aryl methyl sites for hydroxylation is 1. The van der Waals surface area contributed by atoms with Gasteiger partial charge in [-0.1, -0.05) is 0 Å². The fraction of sp³-hybridized carbons (Fsp3) is 0.0833. The number of rotatable bonds is 2. The molecule has 5 nitrogen and oxygen atoms in total. The summed E-state index contributed by atoms with van der Waals surface area (Å²) in [7, 11) is 0. The number of amides is 1. The molecule has 5 heteroatoms. The topological polar surface area (TPSA) is 68.9 Å². The molecule has 0 fully saturated rings. The Morgan fingerprint density at radius 3 is 2.94 bits per heavy atom. The SMILES string of the molecule is Cc1ccnc(NC(=O)c2cccc[n+]2[O-])c1. The van der Waals surface area contributed by atoms with Crippen LogP contribution in [0.25, 0.3) is 0 Å². The van der Waals surface area contributed by atoms with Crippen LogP contribution in [0.1, 0.15) is 16.1 Å². The van der Waals surface area contributed by atoms with Crippen molar-refractivity contribution in [2.75, 3.05) is 5.32 Å². The summed E-state index contributed by atoms with van der Waals surface area (Å²) < 4.78 is 0.519. The molecule has 0 bridgehead atoms. The monoisotopic (exact) mass is 229 g/mol. The molecule has 0 aliphatic carbocycles. The van der Waals surface area contributed by atoms with Gasteiger partial charge < -0.3 is 10.5 Å². The number of hydrogen-bond donors (Lipinski definition) is 1. The molecule has 86 valence electrons. The van der Waals surface area contributed by atoms with Crippen LogP contribution in [-0.4, -0.2) is 10.9 Å². The van der Waals surface area contributed by atoms with Crippen molar-refractivity contribution in [3.63, 3.8) is 0 Å². The number of carbonyl (C=O) groups excluding carboxylic acids is 1. The molecule has 0 radical (unpaired) electrons. The quantitative estimate of drug-likeness (QED) is 0.623. The van der Waals surface area contributed by atoms with E-state index in [1.807, 2.05) is 13.0 Å². The number of anilines is 1. The van der Waals surface area contributed by atoms with Crippen LogP contribution in [0.15, 0.2) is 42.7 Å². The van der Waals surface area contributed by atoms with Crippen LogP contribution >= 0.6 is 0 Å². The highest BCUT2D eigenvalue weighted by atomic mass is 16.5. The van der Waals surface area contributed by atoms with Crippen molar-refractivity contribution in [3.8, 4) is 0 Å². The van der Waals surface area contributed by atoms with E-state index in [1.165, 1.54) is 12.3 Å². The Hall–Kier alpha value is -2.43. The van der Waals surface area contributed by atoms with E-state index in [1.54, 1.807) is 24.4 Å². The summed E-state index contributed by atoms with van der Waals surface area (Å²) >= 11 is 0. The second-order valence-corrected chi connectivity index (χ2v) is 3.58. The first kappa shape index (κ1) is 11.1. The molecule has 0 atom stereocenters. The van der Waals surface area contributed by atoms with Crippen molar-refractivity contribution in [1.82, 2.24) is 4.98 Å². The molecular weight excluding hydrogens is 218 g/mol. The van der Waals surface area contributed by atoms with E-state index < -0.39 is 5.91 Å². The van der Waals surface area contributed by atoms with E-state index in [2.05, 4.69) is 10.3 Å². The van der Waals surface area contributed by atoms with Crippen molar-refractivity contribution in [3.05, 3.63) is 59.2 Å². The van der Waals surface area contributed by atoms with Crippen molar-refractivity contribution < 1.29 is 9.52 Å². The molecule has 0 aliphatic heterocycles. The average molecular weight is 229 g/mol. The molecule has 2 heterocycles. The van der Waals surface area contributed by atoms with Crippen LogP contribution in [0.3, 0.4) is 0 Å². The number of aromatic nitrogens is 2. The van der Waals surface area contributed by atoms with E-state index in [0.717, 1.165) is 5.56 Å². The maximum Gasteiger partial charge on any atom is 0.322 e. The van der Waals surface area contributed by atoms with Gasteiger partial charge in [-0.15, -0.1) is 0 Å². The van der Waals surface area contributed by atoms with Crippen LogP contribution in [0.5, 0.6) is 0 Å². The molecule has 0 saturated heterocycles. The van der Waals surface area contributed by atoms with Gasteiger partial charge in [-0.3, -0.25) is 4.79 Å². The molecule has 0 spiro atoms. The number of nitrogens with one attached hydrogen (secondary N) is 1. The summed E-state index contributed by atoms with van der Waals surface area (Å²) in [5, 5.41) is 13.9. The zero-order valence-corrected chi connectivity index (χ0v) is 9.25. The summed E-state index contributed by atoms with van der Waals surface area (Å²) in [4.78, 5) is 15.8. The minimum atomic E-state index is -0.473. The zero-order valence-electron chi connectivity index (χ0n) is 9.25. The fourth-order valence-corrected chi connectivity index (χ4v) is 1.39. The maximum absolute atomic E-state index is 11.8. The highest BCUT2D eigenvalue weighted by Gasteiger charge is 2.15. The van der Waals surface area contributed by atoms with Crippen LogP contribution in [0.2, 0.25) is 0 Å². The highest BCUT2D eigenvalue weighted by Crippen LogP contribution is 2.06. The predicted molar refractivity (Wildman–Crippen MR) is 62.3 cm³/mol. The van der Waals surface area contributed by atoms with Crippen molar-refractivity contribution in [2.24, 2.45) is 0 Å². The first-order valence-corrected chi connectivity index (χ1v) is 5.09. The van der Waals surface area contributed by atoms with Crippen molar-refractivity contribution in [2.45, 2.75) is 6.92 Å². The summed E-state index contributed by atoms with van der Waals surface area (Å²) in [6.45, 7) is 1.90. The number of pyridine rings is 2. The Labute approximate surface area is 98.3 Å². The second kappa shape index (κ2) is 4.61. The van der Waals surface area contributed by atoms with Gasteiger partial charge in [0.1, 0.15) is 5.82 Å². The summed E-state index contributed by atoms with van der Waals surface area (Å²) in [6, 6.07) is 8.21. The van der Waals surface area contributed by atoms with Gasteiger partial charge >= 0.3 is 5.91 Å². The number of carbonyl (C=O) groups is 1. The van der Waals surface area contributed by atoms with Crippen molar-refractivity contribution >= 4 is 11.7 Å². The largest absolute Gasteiger partial charge is 0.618 e. The Bertz CT molecular complexity index is 555. The first-order valence-electron chi connectivity index (χ1n) is 5.09. The van der Waals surface area contributed by atoms with E-state index in [-0.39, 0.29) is 5.69 Å². The average Bonchev–Trinajstić information content (AvgIpc) is 2.29. The van der Waals surface area contributed by atoms with Gasteiger partial charge in [-0.2, -0.15) is 4.73 Å². The highest BCUT2D eigenvalue weighted by molar-refractivity contribution is 6.01. The molecule has 1 N–H and O–H groups in total. The third-order valence-corrected chi connectivity index (χ3v) is 2.21. The minimum Gasteiger partial charge on any atom is -0.618 e. The third kappa shape index (κ3) is 2.57. The van der Waals surface area contributed by atoms with Gasteiger partial charge in [0.25, 0.3) is 5.69 Å². The zero-order chi connectivity index (χ0) is 12.3. The minimum absolute atomic E-state index is 0.0378. The van der Waals surface area contributed by atoms with Gasteiger partial charge in [0.2, 0.25) is 0 Å². The second-order valence-electron chi connectivity index (χ2n) is 3.58. The van der Waals surface area contributed by atoms with Gasteiger partial charge in [-0.25, -0.2) is 4.98 Å². The van der Waals surface area contributed by atoms with Crippen molar-refractivity contribution in [1.29, 1.82) is 0 Å².